The van der Waals surface area contributed by atoms with Gasteiger partial charge in [0.25, 0.3) is 0 Å². The molecule has 1 unspecified atom stereocenters. The molecule has 1 rings (SSSR count). The summed E-state index contributed by atoms with van der Waals surface area (Å²) in [6, 6.07) is -0.0166. The van der Waals surface area contributed by atoms with E-state index in [4.69, 9.17) is 0 Å². The van der Waals surface area contributed by atoms with E-state index in [1.54, 1.807) is 0 Å². The molecule has 0 bridgehead atoms. The second kappa shape index (κ2) is 3.69. The Labute approximate surface area is 66.9 Å². The highest BCUT2D eigenvalue weighted by Gasteiger charge is 2.23. The molecule has 64 valence electrons. The van der Waals surface area contributed by atoms with Gasteiger partial charge in [-0.05, 0) is 14.0 Å². The molecular weight excluding hydrogens is 142 g/mol. The molecule has 11 heavy (non-hydrogen) atoms. The van der Waals surface area contributed by atoms with Gasteiger partial charge in [-0.1, -0.05) is 0 Å². The Kier molecular flexibility index (Phi) is 2.84. The predicted molar refractivity (Wildman–Crippen MR) is 43.1 cm³/mol. The first kappa shape index (κ1) is 8.49. The average molecular weight is 157 g/mol. The van der Waals surface area contributed by atoms with E-state index in [-0.39, 0.29) is 11.9 Å². The Morgan fingerprint density at radius 2 is 2.55 bits per heavy atom. The van der Waals surface area contributed by atoms with Gasteiger partial charge >= 0.3 is 0 Å². The van der Waals surface area contributed by atoms with Crippen LogP contribution in [0, 0.1) is 0 Å². The first-order chi connectivity index (χ1) is 5.25. The number of nitrogens with one attached hydrogen (secondary N) is 2. The van der Waals surface area contributed by atoms with Gasteiger partial charge in [0.1, 0.15) is 0 Å². The zero-order chi connectivity index (χ0) is 8.27. The van der Waals surface area contributed by atoms with Crippen molar-refractivity contribution in [2.24, 2.45) is 0 Å². The Bertz CT molecular complexity index is 147. The zero-order valence-electron chi connectivity index (χ0n) is 7.05. The number of carbonyl (C=O) groups is 1. The monoisotopic (exact) mass is 157 g/mol. The second-order valence-corrected chi connectivity index (χ2v) is 2.79. The number of nitrogens with zero attached hydrogens (tertiary/aromatic N) is 1. The fraction of sp³-hybridized carbons (Fsp3) is 0.857. The summed E-state index contributed by atoms with van der Waals surface area (Å²) in [4.78, 5) is 13.2. The highest BCUT2D eigenvalue weighted by Crippen LogP contribution is 1.98. The molecule has 0 aromatic rings. The fourth-order valence-corrected chi connectivity index (χ4v) is 1.24. The van der Waals surface area contributed by atoms with Gasteiger partial charge in [0.05, 0.1) is 12.7 Å². The molecule has 1 heterocycles. The van der Waals surface area contributed by atoms with Crippen molar-refractivity contribution in [2.75, 3.05) is 26.8 Å². The summed E-state index contributed by atoms with van der Waals surface area (Å²) in [6.07, 6.45) is 0. The molecule has 0 saturated carbocycles. The summed E-state index contributed by atoms with van der Waals surface area (Å²) < 4.78 is 0. The number of amides is 1. The summed E-state index contributed by atoms with van der Waals surface area (Å²) in [5.74, 6) is 0.186. The van der Waals surface area contributed by atoms with E-state index >= 15 is 0 Å². The molecule has 1 aliphatic heterocycles. The highest BCUT2D eigenvalue weighted by atomic mass is 16.2. The normalized spacial score (nSPS) is 25.8. The van der Waals surface area contributed by atoms with Crippen LogP contribution < -0.4 is 10.6 Å². The second-order valence-electron chi connectivity index (χ2n) is 2.79. The van der Waals surface area contributed by atoms with Crippen LogP contribution in [0.3, 0.4) is 0 Å². The largest absolute Gasteiger partial charge is 0.327 e. The van der Waals surface area contributed by atoms with Crippen molar-refractivity contribution >= 4 is 5.91 Å². The van der Waals surface area contributed by atoms with E-state index in [9.17, 15) is 4.79 Å². The molecule has 1 amide bonds. The number of piperazine rings is 1. The third-order valence-electron chi connectivity index (χ3n) is 1.86. The van der Waals surface area contributed by atoms with Gasteiger partial charge in [-0.25, -0.2) is 0 Å². The van der Waals surface area contributed by atoms with E-state index in [2.05, 4.69) is 10.6 Å². The summed E-state index contributed by atoms with van der Waals surface area (Å²) in [6.45, 7) is 4.26. The van der Waals surface area contributed by atoms with Crippen LogP contribution in [-0.4, -0.2) is 43.7 Å². The maximum absolute atomic E-state index is 11.3. The van der Waals surface area contributed by atoms with Crippen molar-refractivity contribution < 1.29 is 4.79 Å². The minimum atomic E-state index is -0.0166. The first-order valence-corrected chi connectivity index (χ1v) is 3.92. The number of hydrogen-bond donors (Lipinski definition) is 2. The van der Waals surface area contributed by atoms with Crippen LogP contribution in [0.15, 0.2) is 0 Å². The number of rotatable bonds is 2. The minimum absolute atomic E-state index is 0.0166. The molecule has 4 heteroatoms. The summed E-state index contributed by atoms with van der Waals surface area (Å²) in [5, 5.41) is 6.07. The highest BCUT2D eigenvalue weighted by molar-refractivity contribution is 5.82. The third-order valence-corrected chi connectivity index (χ3v) is 1.86. The maximum atomic E-state index is 11.3. The molecule has 0 aromatic heterocycles. The van der Waals surface area contributed by atoms with Gasteiger partial charge in [-0.15, -0.1) is 0 Å². The molecule has 1 saturated heterocycles. The molecular formula is C7H15N3O. The van der Waals surface area contributed by atoms with Gasteiger partial charge in [0.2, 0.25) is 5.91 Å². The summed E-state index contributed by atoms with van der Waals surface area (Å²) >= 11 is 0. The van der Waals surface area contributed by atoms with Crippen LogP contribution >= 0.6 is 0 Å². The maximum Gasteiger partial charge on any atom is 0.240 e. The van der Waals surface area contributed by atoms with Gasteiger partial charge < -0.3 is 15.5 Å². The smallest absolute Gasteiger partial charge is 0.240 e. The standard InChI is InChI=1S/C7H15N3O/c1-6-7(11)10(5-8-2)4-3-9-6/h6,8-9H,3-5H2,1-2H3. The number of hydrogen-bond acceptors (Lipinski definition) is 3. The molecule has 2 N–H and O–H groups in total. The molecule has 4 nitrogen and oxygen atoms in total. The lowest BCUT2D eigenvalue weighted by Crippen LogP contribution is -2.55. The Balaban J connectivity index is 2.44. The van der Waals surface area contributed by atoms with E-state index in [1.807, 2.05) is 18.9 Å². The summed E-state index contributed by atoms with van der Waals surface area (Å²) in [5.41, 5.74) is 0. The third kappa shape index (κ3) is 1.91. The lowest BCUT2D eigenvalue weighted by molar-refractivity contribution is -0.135. The van der Waals surface area contributed by atoms with Gasteiger partial charge in [-0.2, -0.15) is 0 Å². The van der Waals surface area contributed by atoms with Crippen molar-refractivity contribution in [2.45, 2.75) is 13.0 Å². The van der Waals surface area contributed by atoms with Crippen LogP contribution in [-0.2, 0) is 4.79 Å². The van der Waals surface area contributed by atoms with E-state index in [0.717, 1.165) is 13.1 Å². The van der Waals surface area contributed by atoms with Gasteiger partial charge in [-0.3, -0.25) is 4.79 Å². The topological polar surface area (TPSA) is 44.4 Å². The molecule has 0 radical (unpaired) electrons. The van der Waals surface area contributed by atoms with Crippen molar-refractivity contribution in [1.82, 2.24) is 15.5 Å². The quantitative estimate of drug-likeness (QED) is 0.539. The van der Waals surface area contributed by atoms with Crippen LogP contribution in [0.1, 0.15) is 6.92 Å². The first-order valence-electron chi connectivity index (χ1n) is 3.92. The SMILES string of the molecule is CNCN1CCNC(C)C1=O. The molecule has 1 aliphatic rings. The zero-order valence-corrected chi connectivity index (χ0v) is 7.05. The lowest BCUT2D eigenvalue weighted by Gasteiger charge is -2.31. The van der Waals surface area contributed by atoms with E-state index in [1.165, 1.54) is 0 Å². The Morgan fingerprint density at radius 1 is 1.82 bits per heavy atom. The van der Waals surface area contributed by atoms with Crippen molar-refractivity contribution in [3.05, 3.63) is 0 Å². The molecule has 1 atom stereocenters. The number of carbonyl (C=O) groups excluding carboxylic acids is 1. The van der Waals surface area contributed by atoms with Crippen LogP contribution in [0.2, 0.25) is 0 Å². The van der Waals surface area contributed by atoms with Crippen LogP contribution in [0.5, 0.6) is 0 Å². The van der Waals surface area contributed by atoms with E-state index < -0.39 is 0 Å². The van der Waals surface area contributed by atoms with Crippen LogP contribution in [0.25, 0.3) is 0 Å². The van der Waals surface area contributed by atoms with Gasteiger partial charge in [0.15, 0.2) is 0 Å². The molecule has 0 spiro atoms. The molecule has 0 aliphatic carbocycles. The van der Waals surface area contributed by atoms with E-state index in [0.29, 0.717) is 6.67 Å². The minimum Gasteiger partial charge on any atom is -0.327 e. The fourth-order valence-electron chi connectivity index (χ4n) is 1.24. The van der Waals surface area contributed by atoms with Crippen molar-refractivity contribution in [1.29, 1.82) is 0 Å². The van der Waals surface area contributed by atoms with Crippen molar-refractivity contribution in [3.63, 3.8) is 0 Å². The van der Waals surface area contributed by atoms with Gasteiger partial charge in [0, 0.05) is 13.1 Å². The van der Waals surface area contributed by atoms with Crippen LogP contribution in [0.4, 0.5) is 0 Å². The average Bonchev–Trinajstić information content (AvgIpc) is 1.99. The molecule has 1 fully saturated rings. The van der Waals surface area contributed by atoms with Crippen molar-refractivity contribution in [3.8, 4) is 0 Å². The predicted octanol–water partition coefficient (Wildman–Crippen LogP) is -1.02. The molecule has 0 aromatic carbocycles. The Morgan fingerprint density at radius 3 is 3.18 bits per heavy atom. The Hall–Kier alpha value is -0.610. The summed E-state index contributed by atoms with van der Waals surface area (Å²) in [7, 11) is 1.85. The lowest BCUT2D eigenvalue weighted by atomic mass is 10.2.